The second-order valence-corrected chi connectivity index (χ2v) is 6.49. The van der Waals surface area contributed by atoms with E-state index < -0.39 is 17.3 Å². The molecule has 29 heavy (non-hydrogen) atoms. The molecule has 0 saturated heterocycles. The van der Waals surface area contributed by atoms with Crippen LogP contribution in [0.1, 0.15) is 12.5 Å². The molecular weight excluding hydrogens is 374 g/mol. The molecule has 8 nitrogen and oxygen atoms in total. The van der Waals surface area contributed by atoms with Gasteiger partial charge in [0.1, 0.15) is 24.0 Å². The first-order valence-electron chi connectivity index (χ1n) is 8.93. The summed E-state index contributed by atoms with van der Waals surface area (Å²) in [5, 5.41) is 9.89. The standard InChI is InChI=1S/C21H21N3O5/c1-4-9-24-13(2)17(19(25)28-11-10-27-3)21(20(24)26)14-7-5-6-8-16(14)29-18(23)15(21)12-22/h4-8H,1,9-11,23H2,2-3H3/t21-/m1/s1. The molecule has 3 rings (SSSR count). The van der Waals surface area contributed by atoms with E-state index in [0.717, 1.165) is 0 Å². The fraction of sp³-hybridized carbons (Fsp3) is 0.286. The van der Waals surface area contributed by atoms with Crippen molar-refractivity contribution in [3.8, 4) is 11.8 Å². The van der Waals surface area contributed by atoms with E-state index in [9.17, 15) is 14.9 Å². The number of carbonyl (C=O) groups excluding carboxylic acids is 2. The van der Waals surface area contributed by atoms with Gasteiger partial charge in [-0.1, -0.05) is 24.3 Å². The van der Waals surface area contributed by atoms with Crippen molar-refractivity contribution in [3.63, 3.8) is 0 Å². The average molecular weight is 395 g/mol. The lowest BCUT2D eigenvalue weighted by molar-refractivity contribution is -0.142. The van der Waals surface area contributed by atoms with E-state index in [0.29, 0.717) is 17.0 Å². The highest BCUT2D eigenvalue weighted by molar-refractivity contribution is 6.12. The monoisotopic (exact) mass is 395 g/mol. The number of carbonyl (C=O) groups is 2. The second-order valence-electron chi connectivity index (χ2n) is 6.49. The number of fused-ring (bicyclic) bond motifs is 2. The Morgan fingerprint density at radius 1 is 1.41 bits per heavy atom. The van der Waals surface area contributed by atoms with Gasteiger partial charge in [-0.15, -0.1) is 6.58 Å². The molecule has 1 aromatic carbocycles. The van der Waals surface area contributed by atoms with Gasteiger partial charge in [-0.3, -0.25) is 4.79 Å². The first-order valence-corrected chi connectivity index (χ1v) is 8.93. The summed E-state index contributed by atoms with van der Waals surface area (Å²) in [4.78, 5) is 28.2. The van der Waals surface area contributed by atoms with Gasteiger partial charge in [-0.2, -0.15) is 5.26 Å². The zero-order valence-electron chi connectivity index (χ0n) is 16.2. The predicted molar refractivity (Wildman–Crippen MR) is 103 cm³/mol. The molecule has 0 aromatic heterocycles. The highest BCUT2D eigenvalue weighted by atomic mass is 16.6. The Labute approximate surface area is 168 Å². The fourth-order valence-corrected chi connectivity index (χ4v) is 3.78. The number of benzene rings is 1. The van der Waals surface area contributed by atoms with E-state index in [1.807, 2.05) is 6.07 Å². The molecule has 2 aliphatic rings. The van der Waals surface area contributed by atoms with Gasteiger partial charge in [-0.05, 0) is 13.0 Å². The Bertz CT molecular complexity index is 988. The van der Waals surface area contributed by atoms with E-state index >= 15 is 0 Å². The molecule has 1 atom stereocenters. The number of allylic oxidation sites excluding steroid dienone is 1. The number of nitrogens with zero attached hydrogens (tertiary/aromatic N) is 2. The lowest BCUT2D eigenvalue weighted by Crippen LogP contribution is -2.47. The molecule has 0 radical (unpaired) electrons. The van der Waals surface area contributed by atoms with Crippen molar-refractivity contribution in [3.05, 3.63) is 65.2 Å². The third-order valence-electron chi connectivity index (χ3n) is 4.99. The Balaban J connectivity index is 2.31. The van der Waals surface area contributed by atoms with Crippen LogP contribution in [0.4, 0.5) is 0 Å². The fourth-order valence-electron chi connectivity index (χ4n) is 3.78. The number of para-hydroxylation sites is 1. The number of nitrogens with two attached hydrogens (primary N) is 1. The van der Waals surface area contributed by atoms with Crippen LogP contribution in [0, 0.1) is 11.3 Å². The average Bonchev–Trinajstić information content (AvgIpc) is 2.91. The first-order chi connectivity index (χ1) is 13.9. The summed E-state index contributed by atoms with van der Waals surface area (Å²) in [6.07, 6.45) is 1.54. The van der Waals surface area contributed by atoms with Gasteiger partial charge in [0.15, 0.2) is 5.41 Å². The molecule has 0 fully saturated rings. The van der Waals surface area contributed by atoms with Crippen molar-refractivity contribution in [1.82, 2.24) is 4.90 Å². The van der Waals surface area contributed by atoms with Crippen LogP contribution in [0.2, 0.25) is 0 Å². The highest BCUT2D eigenvalue weighted by Gasteiger charge is 2.62. The van der Waals surface area contributed by atoms with Gasteiger partial charge in [0.2, 0.25) is 11.8 Å². The SMILES string of the molecule is C=CCN1C(=O)[C@]2(C(C#N)=C(N)Oc3ccccc32)C(C(=O)OCCOC)=C1C. The van der Waals surface area contributed by atoms with Gasteiger partial charge < -0.3 is 24.8 Å². The maximum Gasteiger partial charge on any atom is 0.337 e. The van der Waals surface area contributed by atoms with Gasteiger partial charge in [-0.25, -0.2) is 4.79 Å². The van der Waals surface area contributed by atoms with E-state index in [4.69, 9.17) is 19.9 Å². The van der Waals surface area contributed by atoms with Crippen LogP contribution in [0.3, 0.4) is 0 Å². The Morgan fingerprint density at radius 2 is 2.14 bits per heavy atom. The van der Waals surface area contributed by atoms with Crippen LogP contribution in [0.15, 0.2) is 59.6 Å². The summed E-state index contributed by atoms with van der Waals surface area (Å²) in [6.45, 7) is 5.66. The van der Waals surface area contributed by atoms with Crippen LogP contribution >= 0.6 is 0 Å². The minimum absolute atomic E-state index is 0.00290. The smallest absolute Gasteiger partial charge is 0.337 e. The van der Waals surface area contributed by atoms with E-state index in [-0.39, 0.29) is 36.8 Å². The maximum absolute atomic E-state index is 13.7. The molecule has 8 heteroatoms. The van der Waals surface area contributed by atoms with Gasteiger partial charge >= 0.3 is 5.97 Å². The number of rotatable bonds is 6. The lowest BCUT2D eigenvalue weighted by Gasteiger charge is -2.35. The number of esters is 1. The molecular formula is C21H21N3O5. The van der Waals surface area contributed by atoms with Crippen molar-refractivity contribution >= 4 is 11.9 Å². The molecule has 0 saturated carbocycles. The molecule has 1 aromatic rings. The van der Waals surface area contributed by atoms with E-state index in [1.54, 1.807) is 37.3 Å². The summed E-state index contributed by atoms with van der Waals surface area (Å²) in [6, 6.07) is 8.67. The number of hydrogen-bond acceptors (Lipinski definition) is 7. The summed E-state index contributed by atoms with van der Waals surface area (Å²) < 4.78 is 15.8. The third kappa shape index (κ3) is 2.87. The van der Waals surface area contributed by atoms with Gasteiger partial charge in [0.25, 0.3) is 0 Å². The largest absolute Gasteiger partial charge is 0.460 e. The number of ether oxygens (including phenoxy) is 3. The number of nitriles is 1. The van der Waals surface area contributed by atoms with Crippen LogP contribution in [0.25, 0.3) is 0 Å². The zero-order valence-corrected chi connectivity index (χ0v) is 16.2. The predicted octanol–water partition coefficient (Wildman–Crippen LogP) is 1.50. The van der Waals surface area contributed by atoms with Gasteiger partial charge in [0, 0.05) is 24.9 Å². The van der Waals surface area contributed by atoms with Crippen molar-refractivity contribution in [1.29, 1.82) is 5.26 Å². The van der Waals surface area contributed by atoms with Crippen LogP contribution < -0.4 is 10.5 Å². The number of amides is 1. The van der Waals surface area contributed by atoms with Crippen LogP contribution in [0.5, 0.6) is 5.75 Å². The summed E-state index contributed by atoms with van der Waals surface area (Å²) in [5.41, 5.74) is 4.90. The Morgan fingerprint density at radius 3 is 2.79 bits per heavy atom. The lowest BCUT2D eigenvalue weighted by atomic mass is 9.68. The minimum Gasteiger partial charge on any atom is -0.460 e. The summed E-state index contributed by atoms with van der Waals surface area (Å²) >= 11 is 0. The first kappa shape index (κ1) is 20.2. The second kappa shape index (κ2) is 7.81. The Hall–Kier alpha value is -3.57. The molecule has 0 bridgehead atoms. The molecule has 2 heterocycles. The zero-order chi connectivity index (χ0) is 21.2. The van der Waals surface area contributed by atoms with Crippen molar-refractivity contribution in [2.75, 3.05) is 26.9 Å². The highest BCUT2D eigenvalue weighted by Crippen LogP contribution is 2.53. The van der Waals surface area contributed by atoms with E-state index in [1.165, 1.54) is 12.0 Å². The quantitative estimate of drug-likeness (QED) is 0.441. The van der Waals surface area contributed by atoms with Crippen LogP contribution in [-0.4, -0.2) is 43.6 Å². The van der Waals surface area contributed by atoms with Crippen molar-refractivity contribution < 1.29 is 23.8 Å². The van der Waals surface area contributed by atoms with E-state index in [2.05, 4.69) is 6.58 Å². The molecule has 2 aliphatic heterocycles. The number of methoxy groups -OCH3 is 1. The van der Waals surface area contributed by atoms with Crippen molar-refractivity contribution in [2.45, 2.75) is 12.3 Å². The van der Waals surface area contributed by atoms with Crippen LogP contribution in [-0.2, 0) is 24.5 Å². The molecule has 0 aliphatic carbocycles. The van der Waals surface area contributed by atoms with Crippen molar-refractivity contribution in [2.24, 2.45) is 5.73 Å². The number of hydrogen-bond donors (Lipinski definition) is 1. The topological polar surface area (TPSA) is 115 Å². The summed E-state index contributed by atoms with van der Waals surface area (Å²) in [5.74, 6) is -1.14. The molecule has 150 valence electrons. The molecule has 0 unspecified atom stereocenters. The third-order valence-corrected chi connectivity index (χ3v) is 4.99. The molecule has 1 spiro atoms. The van der Waals surface area contributed by atoms with Gasteiger partial charge in [0.05, 0.1) is 12.2 Å². The minimum atomic E-state index is -1.75. The maximum atomic E-state index is 13.7. The normalized spacial score (nSPS) is 20.4. The molecule has 2 N–H and O–H groups in total. The Kier molecular flexibility index (Phi) is 5.43. The molecule has 1 amide bonds. The summed E-state index contributed by atoms with van der Waals surface area (Å²) in [7, 11) is 1.48.